The fourth-order valence-electron chi connectivity index (χ4n) is 3.23. The zero-order chi connectivity index (χ0) is 18.6. The third-order valence-electron chi connectivity index (χ3n) is 5.15. The van der Waals surface area contributed by atoms with Gasteiger partial charge in [0.05, 0.1) is 0 Å². The van der Waals surface area contributed by atoms with Crippen molar-refractivity contribution in [2.45, 2.75) is 53.9 Å². The zero-order valence-electron chi connectivity index (χ0n) is 16.4. The van der Waals surface area contributed by atoms with Crippen molar-refractivity contribution in [3.05, 3.63) is 64.2 Å². The summed E-state index contributed by atoms with van der Waals surface area (Å²) in [6.45, 7) is 13.1. The summed E-state index contributed by atoms with van der Waals surface area (Å²) in [6, 6.07) is 9.13. The molecular weight excluding hydrogens is 304 g/mol. The van der Waals surface area contributed by atoms with Gasteiger partial charge < -0.3 is 0 Å². The zero-order valence-corrected chi connectivity index (χ0v) is 16.4. The van der Waals surface area contributed by atoms with Crippen molar-refractivity contribution in [3.63, 3.8) is 0 Å². The normalized spacial score (nSPS) is 13.8. The van der Waals surface area contributed by atoms with Crippen molar-refractivity contribution < 1.29 is 4.79 Å². The predicted molar refractivity (Wildman–Crippen MR) is 109 cm³/mol. The Hall–Kier alpha value is -2.15. The average Bonchev–Trinajstić information content (AvgIpc) is 2.74. The molecule has 2 aliphatic rings. The molecule has 1 unspecified atom stereocenters. The molecule has 132 valence electrons. The van der Waals surface area contributed by atoms with Crippen LogP contribution in [0.4, 0.5) is 0 Å². The van der Waals surface area contributed by atoms with Gasteiger partial charge in [0.25, 0.3) is 0 Å². The second kappa shape index (κ2) is 8.29. The van der Waals surface area contributed by atoms with E-state index in [9.17, 15) is 4.79 Å². The molecule has 0 saturated carbocycles. The molecule has 0 bridgehead atoms. The molecule has 0 heterocycles. The van der Waals surface area contributed by atoms with Crippen molar-refractivity contribution in [2.24, 2.45) is 5.92 Å². The van der Waals surface area contributed by atoms with E-state index in [1.165, 1.54) is 33.4 Å². The summed E-state index contributed by atoms with van der Waals surface area (Å²) in [5, 5.41) is 0. The van der Waals surface area contributed by atoms with Gasteiger partial charge in [-0.1, -0.05) is 62.8 Å². The molecule has 0 fully saturated rings. The highest BCUT2D eigenvalue weighted by Crippen LogP contribution is 2.37. The minimum absolute atomic E-state index is 0.383. The highest BCUT2D eigenvalue weighted by Gasteiger charge is 2.15. The van der Waals surface area contributed by atoms with E-state index in [1.807, 2.05) is 6.92 Å². The predicted octanol–water partition coefficient (Wildman–Crippen LogP) is 6.72. The maximum atomic E-state index is 10.6. The van der Waals surface area contributed by atoms with Crippen LogP contribution in [-0.4, -0.2) is 6.29 Å². The minimum Gasteiger partial charge on any atom is -0.299 e. The van der Waals surface area contributed by atoms with Crippen LogP contribution in [0.15, 0.2) is 42.0 Å². The van der Waals surface area contributed by atoms with E-state index in [4.69, 9.17) is 0 Å². The smallest absolute Gasteiger partial charge is 0.142 e. The Labute approximate surface area is 152 Å². The Balaban J connectivity index is 2.34. The third-order valence-corrected chi connectivity index (χ3v) is 5.15. The molecule has 0 aliphatic heterocycles. The van der Waals surface area contributed by atoms with Crippen molar-refractivity contribution >= 4 is 12.4 Å². The molecule has 0 spiro atoms. The van der Waals surface area contributed by atoms with E-state index >= 15 is 0 Å². The number of hydrogen-bond acceptors (Lipinski definition) is 1. The SMILES string of the molecule is C/C(=C\C=O)C(C)C/C=C/c1cc(C)c2cc(C(C)C)ccc(C)c1-2. The lowest BCUT2D eigenvalue weighted by atomic mass is 9.97. The molecule has 0 N–H and O–H groups in total. The van der Waals surface area contributed by atoms with Crippen molar-refractivity contribution in [3.8, 4) is 11.1 Å². The quantitative estimate of drug-likeness (QED) is 0.423. The maximum Gasteiger partial charge on any atom is 0.142 e. The minimum atomic E-state index is 0.383. The van der Waals surface area contributed by atoms with Gasteiger partial charge in [-0.25, -0.2) is 0 Å². The standard InChI is InChI=1S/C24H30O/c1-16(2)21-11-10-19(5)24-22(14-20(6)23(24)15-21)9-7-8-17(3)18(4)12-13-25/h7,9-17H,8H2,1-6H3/b9-7+,18-12+. The Bertz CT molecular complexity index is 777. The van der Waals surface area contributed by atoms with Gasteiger partial charge in [-0.2, -0.15) is 0 Å². The first-order valence-corrected chi connectivity index (χ1v) is 9.17. The molecule has 25 heavy (non-hydrogen) atoms. The van der Waals surface area contributed by atoms with E-state index in [0.717, 1.165) is 18.3 Å². The third kappa shape index (κ3) is 4.48. The van der Waals surface area contributed by atoms with Crippen LogP contribution in [0, 0.1) is 19.8 Å². The van der Waals surface area contributed by atoms with Gasteiger partial charge in [-0.3, -0.25) is 4.79 Å². The second-order valence-electron chi connectivity index (χ2n) is 7.47. The number of rotatable bonds is 6. The number of aldehydes is 1. The topological polar surface area (TPSA) is 17.1 Å². The highest BCUT2D eigenvalue weighted by molar-refractivity contribution is 5.84. The summed E-state index contributed by atoms with van der Waals surface area (Å²) in [4.78, 5) is 10.6. The monoisotopic (exact) mass is 334 g/mol. The number of hydrogen-bond donors (Lipinski definition) is 0. The number of fused-ring (bicyclic) bond motifs is 1. The first-order valence-electron chi connectivity index (χ1n) is 9.17. The van der Waals surface area contributed by atoms with Crippen LogP contribution in [0.3, 0.4) is 0 Å². The molecule has 2 rings (SSSR count). The van der Waals surface area contributed by atoms with E-state index in [0.29, 0.717) is 11.8 Å². The highest BCUT2D eigenvalue weighted by atomic mass is 16.1. The molecule has 0 radical (unpaired) electrons. The van der Waals surface area contributed by atoms with Gasteiger partial charge in [-0.15, -0.1) is 0 Å². The Morgan fingerprint density at radius 3 is 2.44 bits per heavy atom. The largest absolute Gasteiger partial charge is 0.299 e. The Morgan fingerprint density at radius 2 is 1.80 bits per heavy atom. The van der Waals surface area contributed by atoms with Crippen LogP contribution in [-0.2, 0) is 4.79 Å². The lowest BCUT2D eigenvalue weighted by molar-refractivity contribution is -0.104. The molecule has 0 aromatic heterocycles. The van der Waals surface area contributed by atoms with Gasteiger partial charge in [0, 0.05) is 0 Å². The van der Waals surface area contributed by atoms with Crippen molar-refractivity contribution in [1.29, 1.82) is 0 Å². The maximum absolute atomic E-state index is 10.6. The lowest BCUT2D eigenvalue weighted by Crippen LogP contribution is -1.94. The van der Waals surface area contributed by atoms with Gasteiger partial charge >= 0.3 is 0 Å². The molecule has 1 atom stereocenters. The van der Waals surface area contributed by atoms with Crippen molar-refractivity contribution in [1.82, 2.24) is 0 Å². The number of carbonyl (C=O) groups excluding carboxylic acids is 1. The summed E-state index contributed by atoms with van der Waals surface area (Å²) in [5.41, 5.74) is 9.17. The van der Waals surface area contributed by atoms with E-state index in [1.54, 1.807) is 6.08 Å². The molecule has 1 heteroatoms. The van der Waals surface area contributed by atoms with Gasteiger partial charge in [0.2, 0.25) is 0 Å². The molecule has 0 saturated heterocycles. The van der Waals surface area contributed by atoms with Crippen LogP contribution < -0.4 is 0 Å². The second-order valence-corrected chi connectivity index (χ2v) is 7.47. The van der Waals surface area contributed by atoms with Crippen LogP contribution >= 0.6 is 0 Å². The van der Waals surface area contributed by atoms with Crippen molar-refractivity contribution in [2.75, 3.05) is 0 Å². The molecule has 0 aromatic carbocycles. The molecule has 0 aromatic rings. The molecule has 2 aliphatic carbocycles. The van der Waals surface area contributed by atoms with Crippen LogP contribution in [0.1, 0.15) is 62.3 Å². The molecule has 0 amide bonds. The first kappa shape index (κ1) is 19.2. The number of allylic oxidation sites excluding steroid dienone is 3. The fraction of sp³-hybridized carbons (Fsp3) is 0.375. The Morgan fingerprint density at radius 1 is 1.08 bits per heavy atom. The summed E-state index contributed by atoms with van der Waals surface area (Å²) in [7, 11) is 0. The average molecular weight is 335 g/mol. The van der Waals surface area contributed by atoms with Crippen LogP contribution in [0.25, 0.3) is 17.2 Å². The Kier molecular flexibility index (Phi) is 6.36. The fourth-order valence-corrected chi connectivity index (χ4v) is 3.23. The summed E-state index contributed by atoms with van der Waals surface area (Å²) in [6.07, 6.45) is 7.95. The molecule has 1 nitrogen and oxygen atoms in total. The van der Waals surface area contributed by atoms with Crippen LogP contribution in [0.5, 0.6) is 0 Å². The van der Waals surface area contributed by atoms with Gasteiger partial charge in [0.1, 0.15) is 6.29 Å². The van der Waals surface area contributed by atoms with Crippen LogP contribution in [0.2, 0.25) is 0 Å². The van der Waals surface area contributed by atoms with E-state index in [2.05, 4.69) is 71.0 Å². The van der Waals surface area contributed by atoms with Gasteiger partial charge in [-0.05, 0) is 78.5 Å². The summed E-state index contributed by atoms with van der Waals surface area (Å²) >= 11 is 0. The number of carbonyl (C=O) groups is 1. The first-order chi connectivity index (χ1) is 11.8. The van der Waals surface area contributed by atoms with E-state index < -0.39 is 0 Å². The summed E-state index contributed by atoms with van der Waals surface area (Å²) in [5.74, 6) is 0.908. The summed E-state index contributed by atoms with van der Waals surface area (Å²) < 4.78 is 0. The van der Waals surface area contributed by atoms with E-state index in [-0.39, 0.29) is 0 Å². The van der Waals surface area contributed by atoms with Gasteiger partial charge in [0.15, 0.2) is 0 Å². The number of aryl methyl sites for hydroxylation is 2. The molecular formula is C24H30O. The lowest BCUT2D eigenvalue weighted by Gasteiger charge is -2.08.